The lowest BCUT2D eigenvalue weighted by atomic mass is 9.96. The Balaban J connectivity index is 3.02. The maximum absolute atomic E-state index is 5.82. The summed E-state index contributed by atoms with van der Waals surface area (Å²) in [6.07, 6.45) is 14.0. The van der Waals surface area contributed by atoms with Gasteiger partial charge in [-0.05, 0) is 42.6 Å². The van der Waals surface area contributed by atoms with Gasteiger partial charge in [-0.3, -0.25) is 0 Å². The van der Waals surface area contributed by atoms with Crippen LogP contribution in [0.15, 0.2) is 72.0 Å². The largest absolute Gasteiger partial charge is 0.399 e. The van der Waals surface area contributed by atoms with Crippen LogP contribution in [0.1, 0.15) is 19.8 Å². The second-order valence-corrected chi connectivity index (χ2v) is 3.79. The highest BCUT2D eigenvalue weighted by Crippen LogP contribution is 2.23. The molecule has 1 aliphatic carbocycles. The van der Waals surface area contributed by atoms with Gasteiger partial charge in [0, 0.05) is 5.70 Å². The van der Waals surface area contributed by atoms with Gasteiger partial charge in [-0.1, -0.05) is 43.5 Å². The van der Waals surface area contributed by atoms with Crippen molar-refractivity contribution in [2.24, 2.45) is 5.73 Å². The molecule has 0 saturated carbocycles. The molecule has 0 aliphatic heterocycles. The van der Waals surface area contributed by atoms with Crippen LogP contribution in [-0.2, 0) is 0 Å². The van der Waals surface area contributed by atoms with Crippen LogP contribution >= 0.6 is 0 Å². The third-order valence-corrected chi connectivity index (χ3v) is 2.57. The molecule has 16 heavy (non-hydrogen) atoms. The summed E-state index contributed by atoms with van der Waals surface area (Å²) in [6, 6.07) is 0. The number of allylic oxidation sites excluding steroid dienone is 9. The molecule has 0 amide bonds. The number of nitrogens with two attached hydrogens (primary N) is 1. The zero-order valence-corrected chi connectivity index (χ0v) is 9.87. The number of rotatable bonds is 1. The van der Waals surface area contributed by atoms with Crippen LogP contribution in [0, 0.1) is 0 Å². The SMILES string of the molecule is C=C1/C=C\C=C/CC/C(=C/C(N)=C\C)C1=C. The van der Waals surface area contributed by atoms with Crippen LogP contribution in [0.3, 0.4) is 0 Å². The van der Waals surface area contributed by atoms with Gasteiger partial charge in [0.1, 0.15) is 0 Å². The summed E-state index contributed by atoms with van der Waals surface area (Å²) in [5.41, 5.74) is 9.68. The minimum atomic E-state index is 0.774. The van der Waals surface area contributed by atoms with E-state index in [9.17, 15) is 0 Å². The molecule has 1 rings (SSSR count). The van der Waals surface area contributed by atoms with E-state index >= 15 is 0 Å². The molecular weight excluding hydrogens is 194 g/mol. The van der Waals surface area contributed by atoms with Gasteiger partial charge in [-0.15, -0.1) is 0 Å². The highest BCUT2D eigenvalue weighted by molar-refractivity contribution is 5.51. The summed E-state index contributed by atoms with van der Waals surface area (Å²) in [5.74, 6) is 0. The zero-order chi connectivity index (χ0) is 12.0. The fourth-order valence-corrected chi connectivity index (χ4v) is 1.49. The molecule has 0 heterocycles. The average Bonchev–Trinajstić information content (AvgIpc) is 2.35. The van der Waals surface area contributed by atoms with Crippen molar-refractivity contribution >= 4 is 0 Å². The summed E-state index contributed by atoms with van der Waals surface area (Å²) in [6.45, 7) is 10.0. The highest BCUT2D eigenvalue weighted by Gasteiger charge is 2.05. The second-order valence-electron chi connectivity index (χ2n) is 3.79. The Labute approximate surface area is 98.0 Å². The fraction of sp³-hybridized carbons (Fsp3) is 0.200. The summed E-state index contributed by atoms with van der Waals surface area (Å²) < 4.78 is 0. The van der Waals surface area contributed by atoms with Gasteiger partial charge in [-0.25, -0.2) is 0 Å². The van der Waals surface area contributed by atoms with E-state index in [1.807, 2.05) is 37.3 Å². The molecule has 0 aromatic carbocycles. The molecule has 0 saturated heterocycles. The summed E-state index contributed by atoms with van der Waals surface area (Å²) in [7, 11) is 0. The number of hydrogen-bond donors (Lipinski definition) is 1. The highest BCUT2D eigenvalue weighted by atomic mass is 14.5. The van der Waals surface area contributed by atoms with Gasteiger partial charge in [0.05, 0.1) is 0 Å². The quantitative estimate of drug-likeness (QED) is 0.704. The minimum absolute atomic E-state index is 0.774. The number of hydrogen-bond acceptors (Lipinski definition) is 1. The van der Waals surface area contributed by atoms with E-state index < -0.39 is 0 Å². The van der Waals surface area contributed by atoms with Crippen molar-refractivity contribution in [3.05, 3.63) is 72.0 Å². The van der Waals surface area contributed by atoms with Crippen molar-refractivity contribution in [3.8, 4) is 0 Å². The molecular formula is C15H19N. The van der Waals surface area contributed by atoms with Gasteiger partial charge >= 0.3 is 0 Å². The molecule has 0 radical (unpaired) electrons. The van der Waals surface area contributed by atoms with E-state index in [0.29, 0.717) is 0 Å². The van der Waals surface area contributed by atoms with E-state index in [4.69, 9.17) is 5.73 Å². The molecule has 0 aromatic heterocycles. The van der Waals surface area contributed by atoms with Crippen LogP contribution < -0.4 is 5.73 Å². The molecule has 0 bridgehead atoms. The van der Waals surface area contributed by atoms with Crippen LogP contribution in [0.25, 0.3) is 0 Å². The molecule has 0 fully saturated rings. The first-order valence-electron chi connectivity index (χ1n) is 5.49. The third-order valence-electron chi connectivity index (χ3n) is 2.57. The molecule has 0 spiro atoms. The summed E-state index contributed by atoms with van der Waals surface area (Å²) in [5, 5.41) is 0. The first-order chi connectivity index (χ1) is 7.65. The van der Waals surface area contributed by atoms with Crippen molar-refractivity contribution in [2.75, 3.05) is 0 Å². The molecule has 84 valence electrons. The topological polar surface area (TPSA) is 26.0 Å². The monoisotopic (exact) mass is 213 g/mol. The van der Waals surface area contributed by atoms with Crippen molar-refractivity contribution in [1.82, 2.24) is 0 Å². The van der Waals surface area contributed by atoms with E-state index in [1.54, 1.807) is 0 Å². The predicted octanol–water partition coefficient (Wildman–Crippen LogP) is 3.79. The Kier molecular flexibility index (Phi) is 4.59. The Morgan fingerprint density at radius 1 is 1.38 bits per heavy atom. The molecule has 1 nitrogen and oxygen atoms in total. The predicted molar refractivity (Wildman–Crippen MR) is 71.8 cm³/mol. The van der Waals surface area contributed by atoms with E-state index in [1.165, 1.54) is 0 Å². The smallest absolute Gasteiger partial charge is 0.0273 e. The van der Waals surface area contributed by atoms with E-state index in [-0.39, 0.29) is 0 Å². The Hall–Kier alpha value is -1.76. The van der Waals surface area contributed by atoms with Gasteiger partial charge in [0.15, 0.2) is 0 Å². The van der Waals surface area contributed by atoms with Crippen LogP contribution in [-0.4, -0.2) is 0 Å². The van der Waals surface area contributed by atoms with E-state index in [0.717, 1.165) is 35.3 Å². The lowest BCUT2D eigenvalue weighted by Gasteiger charge is -2.10. The minimum Gasteiger partial charge on any atom is -0.399 e. The maximum Gasteiger partial charge on any atom is 0.0273 e. The van der Waals surface area contributed by atoms with Gasteiger partial charge in [0.25, 0.3) is 0 Å². The Bertz CT molecular complexity index is 403. The van der Waals surface area contributed by atoms with Crippen LogP contribution in [0.2, 0.25) is 0 Å². The molecule has 0 unspecified atom stereocenters. The lowest BCUT2D eigenvalue weighted by molar-refractivity contribution is 0.990. The zero-order valence-electron chi connectivity index (χ0n) is 9.87. The summed E-state index contributed by atoms with van der Waals surface area (Å²) >= 11 is 0. The first-order valence-corrected chi connectivity index (χ1v) is 5.49. The Morgan fingerprint density at radius 3 is 2.81 bits per heavy atom. The van der Waals surface area contributed by atoms with Crippen molar-refractivity contribution in [2.45, 2.75) is 19.8 Å². The molecule has 2 N–H and O–H groups in total. The van der Waals surface area contributed by atoms with Gasteiger partial charge < -0.3 is 5.73 Å². The normalized spacial score (nSPS) is 24.8. The van der Waals surface area contributed by atoms with Gasteiger partial charge in [0.2, 0.25) is 0 Å². The van der Waals surface area contributed by atoms with Crippen molar-refractivity contribution < 1.29 is 0 Å². The summed E-state index contributed by atoms with van der Waals surface area (Å²) in [4.78, 5) is 0. The third kappa shape index (κ3) is 3.43. The Morgan fingerprint density at radius 2 is 2.12 bits per heavy atom. The fourth-order valence-electron chi connectivity index (χ4n) is 1.49. The first kappa shape index (κ1) is 12.3. The van der Waals surface area contributed by atoms with Gasteiger partial charge in [-0.2, -0.15) is 0 Å². The van der Waals surface area contributed by atoms with Crippen molar-refractivity contribution in [1.29, 1.82) is 0 Å². The standard InChI is InChI=1S/C15H19N/c1-4-15(16)11-14-10-8-6-5-7-9-12(2)13(14)3/h4-7,9,11H,2-3,8,10,16H2,1H3/b6-5-,9-7-,14-11-,15-4+. The molecule has 0 aromatic rings. The molecule has 0 atom stereocenters. The van der Waals surface area contributed by atoms with Crippen LogP contribution in [0.5, 0.6) is 0 Å². The average molecular weight is 213 g/mol. The van der Waals surface area contributed by atoms with E-state index in [2.05, 4.69) is 19.2 Å². The molecule has 1 heteroatoms. The van der Waals surface area contributed by atoms with Crippen molar-refractivity contribution in [3.63, 3.8) is 0 Å². The maximum atomic E-state index is 5.82. The molecule has 1 aliphatic rings. The van der Waals surface area contributed by atoms with Crippen LogP contribution in [0.4, 0.5) is 0 Å². The second kappa shape index (κ2) is 5.96. The lowest BCUT2D eigenvalue weighted by Crippen LogP contribution is -1.97.